The standard InChI is InChI=1S/C16H12O2.C6H4O2/c1-2-10-7-8-13-14(9-10)16(18)12-6-4-3-5-11(12)15(13)17;7-5-1-2-6(8)4-3-5/h3-9H,2H2,1H3;1-4H. The van der Waals surface area contributed by atoms with E-state index in [9.17, 15) is 19.2 Å². The normalized spacial score (nSPS) is 14.5. The van der Waals surface area contributed by atoms with Gasteiger partial charge in [-0.05, 0) is 42.4 Å². The fraction of sp³-hybridized carbons (Fsp3) is 0.0909. The predicted molar refractivity (Wildman–Crippen MR) is 97.4 cm³/mol. The highest BCUT2D eigenvalue weighted by Gasteiger charge is 2.28. The van der Waals surface area contributed by atoms with Crippen molar-refractivity contribution in [2.45, 2.75) is 13.3 Å². The Balaban J connectivity index is 0.000000206. The van der Waals surface area contributed by atoms with Crippen molar-refractivity contribution in [3.63, 3.8) is 0 Å². The van der Waals surface area contributed by atoms with Crippen LogP contribution < -0.4 is 0 Å². The highest BCUT2D eigenvalue weighted by molar-refractivity contribution is 6.28. The first-order valence-corrected chi connectivity index (χ1v) is 8.26. The summed E-state index contributed by atoms with van der Waals surface area (Å²) >= 11 is 0. The fourth-order valence-electron chi connectivity index (χ4n) is 2.81. The topological polar surface area (TPSA) is 68.3 Å². The maximum Gasteiger partial charge on any atom is 0.194 e. The molecule has 2 aliphatic rings. The van der Waals surface area contributed by atoms with Crippen molar-refractivity contribution in [2.75, 3.05) is 0 Å². The Morgan fingerprint density at radius 2 is 1.08 bits per heavy atom. The van der Waals surface area contributed by atoms with Crippen LogP contribution in [0.3, 0.4) is 0 Å². The molecule has 0 radical (unpaired) electrons. The van der Waals surface area contributed by atoms with E-state index in [1.54, 1.807) is 30.3 Å². The highest BCUT2D eigenvalue weighted by Crippen LogP contribution is 2.27. The number of aryl methyl sites for hydroxylation is 1. The van der Waals surface area contributed by atoms with Crippen LogP contribution in [0.15, 0.2) is 66.8 Å². The summed E-state index contributed by atoms with van der Waals surface area (Å²) in [6.07, 6.45) is 5.87. The molecule has 0 atom stereocenters. The van der Waals surface area contributed by atoms with Gasteiger partial charge in [-0.25, -0.2) is 0 Å². The molecule has 0 fully saturated rings. The van der Waals surface area contributed by atoms with E-state index in [-0.39, 0.29) is 23.1 Å². The number of hydrogen-bond donors (Lipinski definition) is 0. The zero-order chi connectivity index (χ0) is 18.7. The molecule has 0 unspecified atom stereocenters. The molecule has 0 N–H and O–H groups in total. The Hall–Kier alpha value is -3.40. The third-order valence-corrected chi connectivity index (χ3v) is 4.22. The third-order valence-electron chi connectivity index (χ3n) is 4.22. The van der Waals surface area contributed by atoms with Crippen molar-refractivity contribution in [1.82, 2.24) is 0 Å². The number of carbonyl (C=O) groups excluding carboxylic acids is 4. The molecule has 0 heterocycles. The number of benzene rings is 2. The van der Waals surface area contributed by atoms with Gasteiger partial charge >= 0.3 is 0 Å². The Bertz CT molecular complexity index is 955. The molecule has 2 aliphatic carbocycles. The molecule has 2 aromatic rings. The quantitative estimate of drug-likeness (QED) is 0.635. The summed E-state index contributed by atoms with van der Waals surface area (Å²) in [4.78, 5) is 45.2. The highest BCUT2D eigenvalue weighted by atomic mass is 16.1. The molecule has 26 heavy (non-hydrogen) atoms. The van der Waals surface area contributed by atoms with Gasteiger partial charge in [-0.2, -0.15) is 0 Å². The van der Waals surface area contributed by atoms with Gasteiger partial charge in [-0.15, -0.1) is 0 Å². The van der Waals surface area contributed by atoms with Gasteiger partial charge in [0, 0.05) is 22.3 Å². The maximum atomic E-state index is 12.4. The summed E-state index contributed by atoms with van der Waals surface area (Å²) in [5.74, 6) is -0.340. The van der Waals surface area contributed by atoms with Crippen molar-refractivity contribution in [1.29, 1.82) is 0 Å². The molecule has 0 bridgehead atoms. The second-order valence-corrected chi connectivity index (χ2v) is 5.91. The zero-order valence-electron chi connectivity index (χ0n) is 14.2. The van der Waals surface area contributed by atoms with Crippen LogP contribution in [0, 0.1) is 0 Å². The lowest BCUT2D eigenvalue weighted by Crippen LogP contribution is -2.20. The van der Waals surface area contributed by atoms with Gasteiger partial charge in [-0.3, -0.25) is 19.2 Å². The van der Waals surface area contributed by atoms with Crippen LogP contribution in [0.4, 0.5) is 0 Å². The molecule has 0 aromatic heterocycles. The molecule has 2 aromatic carbocycles. The zero-order valence-corrected chi connectivity index (χ0v) is 14.2. The first-order chi connectivity index (χ1) is 12.5. The molecule has 0 amide bonds. The summed E-state index contributed by atoms with van der Waals surface area (Å²) in [6.45, 7) is 2.03. The minimum absolute atomic E-state index is 0.0458. The second kappa shape index (κ2) is 7.23. The van der Waals surface area contributed by atoms with Crippen LogP contribution in [-0.4, -0.2) is 23.1 Å². The van der Waals surface area contributed by atoms with Gasteiger partial charge < -0.3 is 0 Å². The van der Waals surface area contributed by atoms with E-state index in [0.717, 1.165) is 12.0 Å². The molecule has 4 nitrogen and oxygen atoms in total. The summed E-state index contributed by atoms with van der Waals surface area (Å²) in [5.41, 5.74) is 3.17. The van der Waals surface area contributed by atoms with Crippen molar-refractivity contribution in [3.05, 3.63) is 94.6 Å². The predicted octanol–water partition coefficient (Wildman–Crippen LogP) is 3.28. The first kappa shape index (κ1) is 17.4. The summed E-state index contributed by atoms with van der Waals surface area (Å²) < 4.78 is 0. The lowest BCUT2D eigenvalue weighted by molar-refractivity contribution is -0.113. The molecule has 0 saturated heterocycles. The second-order valence-electron chi connectivity index (χ2n) is 5.91. The minimum Gasteiger partial charge on any atom is -0.290 e. The van der Waals surface area contributed by atoms with Crippen LogP contribution in [-0.2, 0) is 16.0 Å². The molecular weight excluding hydrogens is 328 g/mol. The number of hydrogen-bond acceptors (Lipinski definition) is 4. The summed E-state index contributed by atoms with van der Waals surface area (Å²) in [6, 6.07) is 12.5. The van der Waals surface area contributed by atoms with E-state index in [4.69, 9.17) is 0 Å². The number of ketones is 4. The summed E-state index contributed by atoms with van der Waals surface area (Å²) in [7, 11) is 0. The third kappa shape index (κ3) is 3.35. The number of carbonyl (C=O) groups is 4. The van der Waals surface area contributed by atoms with Crippen LogP contribution >= 0.6 is 0 Å². The monoisotopic (exact) mass is 344 g/mol. The van der Waals surface area contributed by atoms with Gasteiger partial charge in [0.25, 0.3) is 0 Å². The minimum atomic E-state index is -0.121. The average molecular weight is 344 g/mol. The van der Waals surface area contributed by atoms with Crippen molar-refractivity contribution in [2.24, 2.45) is 0 Å². The van der Waals surface area contributed by atoms with Gasteiger partial charge in [0.2, 0.25) is 0 Å². The van der Waals surface area contributed by atoms with Crippen LogP contribution in [0.5, 0.6) is 0 Å². The van der Waals surface area contributed by atoms with E-state index in [1.165, 1.54) is 24.3 Å². The Morgan fingerprint density at radius 3 is 1.58 bits per heavy atom. The molecule has 4 rings (SSSR count). The molecule has 0 spiro atoms. The molecule has 128 valence electrons. The molecule has 0 aliphatic heterocycles. The maximum absolute atomic E-state index is 12.4. The lowest BCUT2D eigenvalue weighted by Gasteiger charge is -2.17. The Labute approximate surface area is 150 Å². The van der Waals surface area contributed by atoms with E-state index >= 15 is 0 Å². The molecular formula is C22H16O4. The largest absolute Gasteiger partial charge is 0.290 e. The Morgan fingerprint density at radius 1 is 0.615 bits per heavy atom. The average Bonchev–Trinajstić information content (AvgIpc) is 2.68. The molecule has 4 heteroatoms. The SMILES string of the molecule is CCc1ccc2c(c1)C(=O)c1ccccc1C2=O.O=C1C=CC(=O)C=C1. The van der Waals surface area contributed by atoms with Crippen LogP contribution in [0.1, 0.15) is 44.3 Å². The van der Waals surface area contributed by atoms with Crippen molar-refractivity contribution >= 4 is 23.1 Å². The smallest absolute Gasteiger partial charge is 0.194 e. The van der Waals surface area contributed by atoms with E-state index in [1.807, 2.05) is 19.1 Å². The van der Waals surface area contributed by atoms with Gasteiger partial charge in [-0.1, -0.05) is 43.3 Å². The summed E-state index contributed by atoms with van der Waals surface area (Å²) in [5, 5.41) is 0. The van der Waals surface area contributed by atoms with Crippen molar-refractivity contribution < 1.29 is 19.2 Å². The Kier molecular flexibility index (Phi) is 4.85. The van der Waals surface area contributed by atoms with Crippen LogP contribution in [0.25, 0.3) is 0 Å². The van der Waals surface area contributed by atoms with Crippen LogP contribution in [0.2, 0.25) is 0 Å². The lowest BCUT2D eigenvalue weighted by atomic mass is 9.83. The van der Waals surface area contributed by atoms with Gasteiger partial charge in [0.15, 0.2) is 23.1 Å². The number of allylic oxidation sites excluding steroid dienone is 4. The van der Waals surface area contributed by atoms with E-state index in [0.29, 0.717) is 22.3 Å². The number of rotatable bonds is 1. The van der Waals surface area contributed by atoms with Gasteiger partial charge in [0.05, 0.1) is 0 Å². The van der Waals surface area contributed by atoms with E-state index < -0.39 is 0 Å². The first-order valence-electron chi connectivity index (χ1n) is 8.26. The van der Waals surface area contributed by atoms with E-state index in [2.05, 4.69) is 0 Å². The molecule has 0 saturated carbocycles. The fourth-order valence-corrected chi connectivity index (χ4v) is 2.81. The number of fused-ring (bicyclic) bond motifs is 2. The van der Waals surface area contributed by atoms with Crippen molar-refractivity contribution in [3.8, 4) is 0 Å². The van der Waals surface area contributed by atoms with Gasteiger partial charge in [0.1, 0.15) is 0 Å².